The number of nitrogens with one attached hydrogen (secondary N) is 2. The van der Waals surface area contributed by atoms with Crippen molar-refractivity contribution in [2.75, 3.05) is 13.2 Å². The highest BCUT2D eigenvalue weighted by Crippen LogP contribution is 2.19. The maximum atomic E-state index is 11.5. The van der Waals surface area contributed by atoms with E-state index in [9.17, 15) is 14.7 Å². The molecular weight excluding hydrogens is 256 g/mol. The van der Waals surface area contributed by atoms with Gasteiger partial charge in [-0.1, -0.05) is 13.8 Å². The number of carbonyl (C=O) groups is 2. The van der Waals surface area contributed by atoms with Crippen molar-refractivity contribution in [2.45, 2.75) is 26.4 Å². The molecule has 1 unspecified atom stereocenters. The average Bonchev–Trinajstić information content (AvgIpc) is 2.35. The molecule has 0 saturated carbocycles. The first-order valence-corrected chi connectivity index (χ1v) is 6.02. The molecule has 0 bridgehead atoms. The standard InChI is InChI=1S/C11H20N2O4S/c1-11(2,7-14)9(16)10(17)13-4-3-8(15)12-5-6-18/h5-6,9,14,16,18H,3-4,7H2,1-2H3,(H,12,15)(H,13,17). The summed E-state index contributed by atoms with van der Waals surface area (Å²) in [6.45, 7) is 2.95. The fourth-order valence-electron chi connectivity index (χ4n) is 1.04. The Morgan fingerprint density at radius 1 is 1.44 bits per heavy atom. The summed E-state index contributed by atoms with van der Waals surface area (Å²) in [5.41, 5.74) is -0.916. The van der Waals surface area contributed by atoms with E-state index in [2.05, 4.69) is 23.3 Å². The lowest BCUT2D eigenvalue weighted by molar-refractivity contribution is -0.137. The molecule has 1 atom stereocenters. The molecule has 0 aromatic rings. The highest BCUT2D eigenvalue weighted by Gasteiger charge is 2.32. The first kappa shape index (κ1) is 16.9. The van der Waals surface area contributed by atoms with Crippen LogP contribution in [0.15, 0.2) is 11.6 Å². The molecule has 4 N–H and O–H groups in total. The Morgan fingerprint density at radius 3 is 2.56 bits per heavy atom. The second kappa shape index (κ2) is 8.12. The summed E-state index contributed by atoms with van der Waals surface area (Å²) in [4.78, 5) is 22.7. The molecule has 0 radical (unpaired) electrons. The Morgan fingerprint density at radius 2 is 2.06 bits per heavy atom. The second-order valence-electron chi connectivity index (χ2n) is 4.47. The summed E-state index contributed by atoms with van der Waals surface area (Å²) < 4.78 is 0. The van der Waals surface area contributed by atoms with Gasteiger partial charge in [-0.15, -0.1) is 12.6 Å². The van der Waals surface area contributed by atoms with E-state index in [1.54, 1.807) is 13.8 Å². The normalized spacial score (nSPS) is 13.4. The predicted octanol–water partition coefficient (Wildman–Crippen LogP) is -0.611. The summed E-state index contributed by atoms with van der Waals surface area (Å²) in [7, 11) is 0. The minimum atomic E-state index is -1.32. The van der Waals surface area contributed by atoms with Crippen molar-refractivity contribution in [2.24, 2.45) is 5.41 Å². The van der Waals surface area contributed by atoms with Gasteiger partial charge in [0.2, 0.25) is 11.8 Å². The van der Waals surface area contributed by atoms with Crippen LogP contribution in [0, 0.1) is 5.41 Å². The molecule has 0 fully saturated rings. The molecule has 0 aromatic carbocycles. The molecule has 0 spiro atoms. The molecule has 0 heterocycles. The van der Waals surface area contributed by atoms with Crippen molar-refractivity contribution in [1.29, 1.82) is 0 Å². The lowest BCUT2D eigenvalue weighted by Gasteiger charge is -2.27. The Hall–Kier alpha value is -1.05. The van der Waals surface area contributed by atoms with Crippen LogP contribution in [0.5, 0.6) is 0 Å². The van der Waals surface area contributed by atoms with E-state index >= 15 is 0 Å². The predicted molar refractivity (Wildman–Crippen MR) is 70.8 cm³/mol. The minimum Gasteiger partial charge on any atom is -0.396 e. The fourth-order valence-corrected chi connectivity index (χ4v) is 1.11. The van der Waals surface area contributed by atoms with Gasteiger partial charge in [0.25, 0.3) is 0 Å². The zero-order valence-electron chi connectivity index (χ0n) is 10.5. The number of aliphatic hydroxyl groups excluding tert-OH is 2. The van der Waals surface area contributed by atoms with E-state index in [1.165, 1.54) is 11.6 Å². The van der Waals surface area contributed by atoms with Gasteiger partial charge in [0, 0.05) is 24.6 Å². The zero-order chi connectivity index (χ0) is 14.2. The molecular formula is C11H20N2O4S. The molecule has 0 rings (SSSR count). The van der Waals surface area contributed by atoms with Crippen LogP contribution in [-0.2, 0) is 9.59 Å². The second-order valence-corrected chi connectivity index (χ2v) is 4.77. The smallest absolute Gasteiger partial charge is 0.249 e. The molecule has 2 amide bonds. The van der Waals surface area contributed by atoms with Gasteiger partial charge in [-0.25, -0.2) is 0 Å². The van der Waals surface area contributed by atoms with Crippen molar-refractivity contribution in [3.63, 3.8) is 0 Å². The maximum Gasteiger partial charge on any atom is 0.249 e. The number of rotatable bonds is 7. The number of hydrogen-bond acceptors (Lipinski definition) is 5. The zero-order valence-corrected chi connectivity index (χ0v) is 11.4. The van der Waals surface area contributed by atoms with Crippen molar-refractivity contribution >= 4 is 24.4 Å². The first-order valence-electron chi connectivity index (χ1n) is 5.50. The molecule has 6 nitrogen and oxygen atoms in total. The highest BCUT2D eigenvalue weighted by atomic mass is 32.1. The van der Waals surface area contributed by atoms with Gasteiger partial charge in [0.05, 0.1) is 6.61 Å². The van der Waals surface area contributed by atoms with Gasteiger partial charge < -0.3 is 20.8 Å². The first-order chi connectivity index (χ1) is 8.35. The summed E-state index contributed by atoms with van der Waals surface area (Å²) >= 11 is 3.77. The Labute approximate surface area is 112 Å². The molecule has 0 aliphatic rings. The average molecular weight is 276 g/mol. The van der Waals surface area contributed by atoms with Crippen LogP contribution in [0.3, 0.4) is 0 Å². The third-order valence-corrected chi connectivity index (χ3v) is 2.52. The highest BCUT2D eigenvalue weighted by molar-refractivity contribution is 7.83. The van der Waals surface area contributed by atoms with Crippen LogP contribution in [0.25, 0.3) is 0 Å². The molecule has 18 heavy (non-hydrogen) atoms. The van der Waals surface area contributed by atoms with Crippen LogP contribution in [0.4, 0.5) is 0 Å². The Bertz CT molecular complexity index is 318. The molecule has 0 aliphatic carbocycles. The van der Waals surface area contributed by atoms with Crippen molar-refractivity contribution in [1.82, 2.24) is 10.6 Å². The fraction of sp³-hybridized carbons (Fsp3) is 0.636. The third-order valence-electron chi connectivity index (χ3n) is 2.37. The summed E-state index contributed by atoms with van der Waals surface area (Å²) in [6, 6.07) is 0. The van der Waals surface area contributed by atoms with Gasteiger partial charge >= 0.3 is 0 Å². The van der Waals surface area contributed by atoms with Crippen molar-refractivity contribution in [3.8, 4) is 0 Å². The quantitative estimate of drug-likeness (QED) is 0.401. The molecule has 0 saturated heterocycles. The lowest BCUT2D eigenvalue weighted by Crippen LogP contribution is -2.46. The van der Waals surface area contributed by atoms with Crippen LogP contribution >= 0.6 is 12.6 Å². The van der Waals surface area contributed by atoms with E-state index in [4.69, 9.17) is 5.11 Å². The van der Waals surface area contributed by atoms with E-state index in [1.807, 2.05) is 0 Å². The van der Waals surface area contributed by atoms with Crippen molar-refractivity contribution < 1.29 is 19.8 Å². The Balaban J connectivity index is 4.01. The topological polar surface area (TPSA) is 98.7 Å². The lowest BCUT2D eigenvalue weighted by atomic mass is 9.87. The van der Waals surface area contributed by atoms with E-state index in [0.29, 0.717) is 0 Å². The Kier molecular flexibility index (Phi) is 7.65. The van der Waals surface area contributed by atoms with Crippen LogP contribution < -0.4 is 10.6 Å². The van der Waals surface area contributed by atoms with Gasteiger partial charge in [-0.05, 0) is 5.41 Å². The SMILES string of the molecule is CC(C)(CO)C(O)C(=O)NCCC(=O)NC=CS. The largest absolute Gasteiger partial charge is 0.396 e. The summed E-state index contributed by atoms with van der Waals surface area (Å²) in [5.74, 6) is -0.872. The van der Waals surface area contributed by atoms with E-state index in [-0.39, 0.29) is 25.5 Å². The third kappa shape index (κ3) is 6.04. The van der Waals surface area contributed by atoms with E-state index < -0.39 is 17.4 Å². The van der Waals surface area contributed by atoms with Gasteiger partial charge in [0.15, 0.2) is 0 Å². The van der Waals surface area contributed by atoms with Crippen molar-refractivity contribution in [3.05, 3.63) is 11.6 Å². The number of aliphatic hydroxyl groups is 2. The molecule has 7 heteroatoms. The van der Waals surface area contributed by atoms with Gasteiger partial charge in [-0.3, -0.25) is 9.59 Å². The minimum absolute atomic E-state index is 0.0934. The van der Waals surface area contributed by atoms with E-state index in [0.717, 1.165) is 0 Å². The summed E-state index contributed by atoms with van der Waals surface area (Å²) in [6.07, 6.45) is 0.149. The monoisotopic (exact) mass is 276 g/mol. The van der Waals surface area contributed by atoms with Gasteiger partial charge in [0.1, 0.15) is 6.10 Å². The number of thiol groups is 1. The number of carbonyl (C=O) groups excluding carboxylic acids is 2. The number of hydrogen-bond donors (Lipinski definition) is 5. The van der Waals surface area contributed by atoms with Crippen LogP contribution in [-0.4, -0.2) is 41.3 Å². The maximum absolute atomic E-state index is 11.5. The summed E-state index contributed by atoms with van der Waals surface area (Å²) in [5, 5.41) is 24.9. The number of amides is 2. The molecule has 0 aliphatic heterocycles. The van der Waals surface area contributed by atoms with Crippen LogP contribution in [0.1, 0.15) is 20.3 Å². The van der Waals surface area contributed by atoms with Gasteiger partial charge in [-0.2, -0.15) is 0 Å². The molecule has 0 aromatic heterocycles. The molecule has 104 valence electrons. The van der Waals surface area contributed by atoms with Crippen LogP contribution in [0.2, 0.25) is 0 Å².